The van der Waals surface area contributed by atoms with E-state index in [1.165, 1.54) is 0 Å². The number of carbonyl (C=O) groups excluding carboxylic acids is 1. The second-order valence-electron chi connectivity index (χ2n) is 7.10. The largest absolute Gasteiger partial charge is 0.337 e. The van der Waals surface area contributed by atoms with Crippen LogP contribution in [0.15, 0.2) is 85.5 Å². The Kier molecular flexibility index (Phi) is 4.99. The topological polar surface area (TPSA) is 51.0 Å². The molecule has 0 saturated carbocycles. The van der Waals surface area contributed by atoms with Crippen molar-refractivity contribution in [2.75, 3.05) is 11.4 Å². The van der Waals surface area contributed by atoms with Crippen molar-refractivity contribution in [1.29, 1.82) is 0 Å². The lowest BCUT2D eigenvalue weighted by Crippen LogP contribution is -2.32. The number of aryl methyl sites for hydroxylation is 1. The fourth-order valence-electron chi connectivity index (χ4n) is 3.65. The summed E-state index contributed by atoms with van der Waals surface area (Å²) in [5.41, 5.74) is 1.62. The molecule has 0 aliphatic carbocycles. The Morgan fingerprint density at radius 3 is 2.70 bits per heavy atom. The zero-order chi connectivity index (χ0) is 20.3. The zero-order valence-corrected chi connectivity index (χ0v) is 17.1. The molecule has 0 fully saturated rings. The van der Waals surface area contributed by atoms with Crippen LogP contribution in [0, 0.1) is 0 Å². The SMILES string of the molecule is O=C(c1cccc2ccccc12)N(CCCn1ccnc1)c1nc2ccccc2s1. The van der Waals surface area contributed by atoms with Crippen molar-refractivity contribution in [2.24, 2.45) is 0 Å². The van der Waals surface area contributed by atoms with Crippen LogP contribution in [-0.4, -0.2) is 27.0 Å². The third-order valence-electron chi connectivity index (χ3n) is 5.14. The number of aromatic nitrogens is 3. The summed E-state index contributed by atoms with van der Waals surface area (Å²) in [5, 5.41) is 2.76. The first kappa shape index (κ1) is 18.5. The Hall–Kier alpha value is -3.51. The van der Waals surface area contributed by atoms with E-state index in [1.54, 1.807) is 23.9 Å². The summed E-state index contributed by atoms with van der Waals surface area (Å²) < 4.78 is 3.11. The van der Waals surface area contributed by atoms with E-state index in [2.05, 4.69) is 4.98 Å². The molecule has 0 spiro atoms. The van der Waals surface area contributed by atoms with Crippen molar-refractivity contribution >= 4 is 43.4 Å². The van der Waals surface area contributed by atoms with Crippen LogP contribution >= 0.6 is 11.3 Å². The molecule has 0 unspecified atom stereocenters. The minimum absolute atomic E-state index is 0.0171. The molecule has 5 nitrogen and oxygen atoms in total. The average Bonchev–Trinajstić information content (AvgIpc) is 3.45. The number of nitrogens with zero attached hydrogens (tertiary/aromatic N) is 4. The number of rotatable bonds is 6. The molecule has 0 bridgehead atoms. The van der Waals surface area contributed by atoms with Crippen molar-refractivity contribution in [1.82, 2.24) is 14.5 Å². The van der Waals surface area contributed by atoms with E-state index in [1.807, 2.05) is 82.4 Å². The summed E-state index contributed by atoms with van der Waals surface area (Å²) in [5.74, 6) is -0.0171. The average molecular weight is 413 g/mol. The molecule has 3 aromatic carbocycles. The van der Waals surface area contributed by atoms with Gasteiger partial charge in [-0.2, -0.15) is 0 Å². The number of imidazole rings is 1. The number of para-hydroxylation sites is 1. The maximum absolute atomic E-state index is 13.7. The number of fused-ring (bicyclic) bond motifs is 2. The van der Waals surface area contributed by atoms with E-state index in [0.29, 0.717) is 12.1 Å². The van der Waals surface area contributed by atoms with E-state index in [-0.39, 0.29) is 5.91 Å². The van der Waals surface area contributed by atoms with Crippen molar-refractivity contribution in [2.45, 2.75) is 13.0 Å². The van der Waals surface area contributed by atoms with E-state index < -0.39 is 0 Å². The molecule has 0 atom stereocenters. The molecule has 5 aromatic rings. The molecular formula is C24H20N4OS. The van der Waals surface area contributed by atoms with Gasteiger partial charge in [0, 0.05) is 31.0 Å². The number of hydrogen-bond donors (Lipinski definition) is 0. The maximum Gasteiger partial charge on any atom is 0.260 e. The van der Waals surface area contributed by atoms with Crippen LogP contribution in [0.5, 0.6) is 0 Å². The monoisotopic (exact) mass is 412 g/mol. The Balaban J connectivity index is 1.51. The third kappa shape index (κ3) is 3.57. The predicted molar refractivity (Wildman–Crippen MR) is 122 cm³/mol. The molecule has 2 heterocycles. The van der Waals surface area contributed by atoms with Crippen LogP contribution in [0.4, 0.5) is 5.13 Å². The van der Waals surface area contributed by atoms with E-state index in [4.69, 9.17) is 4.98 Å². The van der Waals surface area contributed by atoms with Gasteiger partial charge in [0.2, 0.25) is 0 Å². The molecule has 1 amide bonds. The number of anilines is 1. The van der Waals surface area contributed by atoms with Crippen LogP contribution in [-0.2, 0) is 6.54 Å². The van der Waals surface area contributed by atoms with Crippen molar-refractivity contribution in [3.8, 4) is 0 Å². The molecular weight excluding hydrogens is 392 g/mol. The fourth-order valence-corrected chi connectivity index (χ4v) is 4.64. The van der Waals surface area contributed by atoms with Crippen LogP contribution in [0.1, 0.15) is 16.8 Å². The van der Waals surface area contributed by atoms with Crippen molar-refractivity contribution < 1.29 is 4.79 Å². The predicted octanol–water partition coefficient (Wildman–Crippen LogP) is 5.38. The Labute approximate surface area is 178 Å². The lowest BCUT2D eigenvalue weighted by molar-refractivity contribution is 0.0988. The van der Waals surface area contributed by atoms with E-state index in [9.17, 15) is 4.79 Å². The van der Waals surface area contributed by atoms with Gasteiger partial charge < -0.3 is 4.57 Å². The molecule has 148 valence electrons. The molecule has 30 heavy (non-hydrogen) atoms. The highest BCUT2D eigenvalue weighted by molar-refractivity contribution is 7.22. The van der Waals surface area contributed by atoms with Crippen LogP contribution in [0.2, 0.25) is 0 Å². The number of amides is 1. The lowest BCUT2D eigenvalue weighted by Gasteiger charge is -2.21. The smallest absolute Gasteiger partial charge is 0.260 e. The minimum atomic E-state index is -0.0171. The Morgan fingerprint density at radius 2 is 1.83 bits per heavy atom. The molecule has 0 N–H and O–H groups in total. The minimum Gasteiger partial charge on any atom is -0.337 e. The lowest BCUT2D eigenvalue weighted by atomic mass is 10.0. The van der Waals surface area contributed by atoms with Gasteiger partial charge in [-0.25, -0.2) is 9.97 Å². The second kappa shape index (κ2) is 8.08. The first-order chi connectivity index (χ1) is 14.8. The molecule has 0 aliphatic heterocycles. The molecule has 6 heteroatoms. The number of thiazole rings is 1. The van der Waals surface area contributed by atoms with Gasteiger partial charge in [-0.3, -0.25) is 9.69 Å². The Bertz CT molecular complexity index is 1270. The maximum atomic E-state index is 13.7. The standard InChI is InChI=1S/C24H20N4OS/c29-23(20-10-5-8-18-7-1-2-9-19(18)20)28(15-6-14-27-16-13-25-17-27)24-26-21-11-3-4-12-22(21)30-24/h1-5,7-13,16-17H,6,14-15H2. The normalized spacial score (nSPS) is 11.2. The van der Waals surface area contributed by atoms with Gasteiger partial charge in [0.15, 0.2) is 5.13 Å². The van der Waals surface area contributed by atoms with Gasteiger partial charge in [0.05, 0.1) is 16.5 Å². The van der Waals surface area contributed by atoms with Gasteiger partial charge in [-0.1, -0.05) is 59.9 Å². The highest BCUT2D eigenvalue weighted by Gasteiger charge is 2.22. The van der Waals surface area contributed by atoms with Gasteiger partial charge in [0.1, 0.15) is 0 Å². The van der Waals surface area contributed by atoms with Gasteiger partial charge in [-0.15, -0.1) is 0 Å². The molecule has 0 saturated heterocycles. The number of hydrogen-bond acceptors (Lipinski definition) is 4. The summed E-state index contributed by atoms with van der Waals surface area (Å²) in [6.07, 6.45) is 6.32. The summed E-state index contributed by atoms with van der Waals surface area (Å²) in [6, 6.07) is 21.9. The number of benzene rings is 3. The second-order valence-corrected chi connectivity index (χ2v) is 8.11. The fraction of sp³-hybridized carbons (Fsp3) is 0.125. The van der Waals surface area contributed by atoms with E-state index >= 15 is 0 Å². The molecule has 0 radical (unpaired) electrons. The van der Waals surface area contributed by atoms with Gasteiger partial charge in [0.25, 0.3) is 5.91 Å². The summed E-state index contributed by atoms with van der Waals surface area (Å²) in [7, 11) is 0. The zero-order valence-electron chi connectivity index (χ0n) is 16.3. The van der Waals surface area contributed by atoms with Gasteiger partial charge in [-0.05, 0) is 35.4 Å². The first-order valence-electron chi connectivity index (χ1n) is 9.90. The van der Waals surface area contributed by atoms with Crippen molar-refractivity contribution in [3.63, 3.8) is 0 Å². The van der Waals surface area contributed by atoms with Crippen LogP contribution in [0.3, 0.4) is 0 Å². The third-order valence-corrected chi connectivity index (χ3v) is 6.20. The summed E-state index contributed by atoms with van der Waals surface area (Å²) in [4.78, 5) is 24.4. The molecule has 2 aromatic heterocycles. The van der Waals surface area contributed by atoms with Crippen LogP contribution in [0.25, 0.3) is 21.0 Å². The highest BCUT2D eigenvalue weighted by atomic mass is 32.1. The van der Waals surface area contributed by atoms with Crippen molar-refractivity contribution in [3.05, 3.63) is 91.0 Å². The Morgan fingerprint density at radius 1 is 1.00 bits per heavy atom. The molecule has 0 aliphatic rings. The summed E-state index contributed by atoms with van der Waals surface area (Å²) >= 11 is 1.56. The number of carbonyl (C=O) groups is 1. The first-order valence-corrected chi connectivity index (χ1v) is 10.7. The van der Waals surface area contributed by atoms with Crippen LogP contribution < -0.4 is 4.90 Å². The van der Waals surface area contributed by atoms with E-state index in [0.717, 1.165) is 39.1 Å². The van der Waals surface area contributed by atoms with Gasteiger partial charge >= 0.3 is 0 Å². The quantitative estimate of drug-likeness (QED) is 0.376. The highest BCUT2D eigenvalue weighted by Crippen LogP contribution is 2.31. The summed E-state index contributed by atoms with van der Waals surface area (Å²) in [6.45, 7) is 1.38. The molecule has 5 rings (SSSR count).